The predicted octanol–water partition coefficient (Wildman–Crippen LogP) is 4.77. The molecule has 162 valence electrons. The standard InChI is InChI=1S/C26H28O5/c1-29-25(26(27)28)19-22-10-14-24(15-11-22)31-17-5-16-30-23-12-8-21(9-13-23)18-20-6-3-2-4-7-20/h2-4,6-15,25H,5,16-19H2,1H3,(H,27,28)/t25-/m0/s1. The number of aliphatic carboxylic acids is 1. The van der Waals surface area contributed by atoms with Crippen molar-refractivity contribution in [3.05, 3.63) is 95.6 Å². The minimum absolute atomic E-state index is 0.324. The van der Waals surface area contributed by atoms with Crippen LogP contribution in [0.5, 0.6) is 11.5 Å². The molecule has 0 aromatic heterocycles. The highest BCUT2D eigenvalue weighted by Gasteiger charge is 2.16. The quantitative estimate of drug-likeness (QED) is 0.428. The van der Waals surface area contributed by atoms with Crippen molar-refractivity contribution in [2.75, 3.05) is 20.3 Å². The van der Waals surface area contributed by atoms with Gasteiger partial charge in [0.2, 0.25) is 0 Å². The van der Waals surface area contributed by atoms with Gasteiger partial charge in [-0.15, -0.1) is 0 Å². The van der Waals surface area contributed by atoms with Gasteiger partial charge in [-0.1, -0.05) is 54.6 Å². The number of carboxylic acids is 1. The Bertz CT molecular complexity index is 920. The van der Waals surface area contributed by atoms with Crippen LogP contribution in [0.15, 0.2) is 78.9 Å². The Balaban J connectivity index is 1.35. The fourth-order valence-electron chi connectivity index (χ4n) is 3.18. The van der Waals surface area contributed by atoms with E-state index < -0.39 is 12.1 Å². The van der Waals surface area contributed by atoms with E-state index >= 15 is 0 Å². The SMILES string of the molecule is CO[C@@H](Cc1ccc(OCCCOc2ccc(Cc3ccccc3)cc2)cc1)C(=O)O. The number of methoxy groups -OCH3 is 1. The molecule has 3 rings (SSSR count). The fraction of sp³-hybridized carbons (Fsp3) is 0.269. The van der Waals surface area contributed by atoms with Gasteiger partial charge >= 0.3 is 5.97 Å². The Labute approximate surface area is 183 Å². The molecule has 0 aliphatic heterocycles. The number of carbonyl (C=O) groups is 1. The molecule has 0 saturated heterocycles. The number of carboxylic acid groups (broad SMARTS) is 1. The van der Waals surface area contributed by atoms with Gasteiger partial charge in [0, 0.05) is 20.0 Å². The molecule has 1 atom stereocenters. The molecule has 31 heavy (non-hydrogen) atoms. The van der Waals surface area contributed by atoms with Crippen molar-refractivity contribution in [2.45, 2.75) is 25.4 Å². The Morgan fingerprint density at radius 1 is 0.774 bits per heavy atom. The summed E-state index contributed by atoms with van der Waals surface area (Å²) >= 11 is 0. The third-order valence-corrected chi connectivity index (χ3v) is 4.90. The first kappa shape index (κ1) is 22.4. The highest BCUT2D eigenvalue weighted by atomic mass is 16.5. The van der Waals surface area contributed by atoms with E-state index in [0.29, 0.717) is 19.6 Å². The number of ether oxygens (including phenoxy) is 3. The third-order valence-electron chi connectivity index (χ3n) is 4.90. The molecule has 3 aromatic rings. The molecule has 3 aromatic carbocycles. The fourth-order valence-corrected chi connectivity index (χ4v) is 3.18. The summed E-state index contributed by atoms with van der Waals surface area (Å²) in [7, 11) is 1.40. The number of rotatable bonds is 12. The molecule has 0 saturated carbocycles. The largest absolute Gasteiger partial charge is 0.493 e. The lowest BCUT2D eigenvalue weighted by molar-refractivity contribution is -0.148. The minimum Gasteiger partial charge on any atom is -0.493 e. The molecule has 0 fully saturated rings. The minimum atomic E-state index is -0.964. The molecule has 0 spiro atoms. The molecular formula is C26H28O5. The van der Waals surface area contributed by atoms with Crippen molar-refractivity contribution in [3.8, 4) is 11.5 Å². The van der Waals surface area contributed by atoms with Gasteiger partial charge in [-0.2, -0.15) is 0 Å². The second-order valence-electron chi connectivity index (χ2n) is 7.27. The molecule has 5 nitrogen and oxygen atoms in total. The summed E-state index contributed by atoms with van der Waals surface area (Å²) < 4.78 is 16.5. The Kier molecular flexibility index (Phi) is 8.49. The summed E-state index contributed by atoms with van der Waals surface area (Å²) in [5, 5.41) is 9.05. The maximum atomic E-state index is 11.0. The Morgan fingerprint density at radius 3 is 1.81 bits per heavy atom. The molecule has 0 aliphatic rings. The van der Waals surface area contributed by atoms with Gasteiger partial charge in [-0.25, -0.2) is 4.79 Å². The van der Waals surface area contributed by atoms with Crippen LogP contribution in [0.2, 0.25) is 0 Å². The van der Waals surface area contributed by atoms with Crippen LogP contribution >= 0.6 is 0 Å². The van der Waals surface area contributed by atoms with Crippen LogP contribution in [0.25, 0.3) is 0 Å². The molecule has 5 heteroatoms. The van der Waals surface area contributed by atoms with Gasteiger partial charge in [0.05, 0.1) is 13.2 Å². The van der Waals surface area contributed by atoms with Crippen molar-refractivity contribution in [1.29, 1.82) is 0 Å². The lowest BCUT2D eigenvalue weighted by Gasteiger charge is -2.11. The summed E-state index contributed by atoms with van der Waals surface area (Å²) in [6.07, 6.45) is 1.16. The van der Waals surface area contributed by atoms with Gasteiger partial charge in [0.25, 0.3) is 0 Å². The van der Waals surface area contributed by atoms with E-state index in [-0.39, 0.29) is 0 Å². The smallest absolute Gasteiger partial charge is 0.333 e. The second kappa shape index (κ2) is 11.8. The van der Waals surface area contributed by atoms with Gasteiger partial charge < -0.3 is 19.3 Å². The zero-order valence-corrected chi connectivity index (χ0v) is 17.7. The average Bonchev–Trinajstić information content (AvgIpc) is 2.80. The predicted molar refractivity (Wildman–Crippen MR) is 120 cm³/mol. The van der Waals surface area contributed by atoms with E-state index in [1.54, 1.807) is 0 Å². The number of hydrogen-bond acceptors (Lipinski definition) is 4. The van der Waals surface area contributed by atoms with Gasteiger partial charge in [-0.05, 0) is 47.4 Å². The van der Waals surface area contributed by atoms with E-state index in [0.717, 1.165) is 29.9 Å². The van der Waals surface area contributed by atoms with Crippen molar-refractivity contribution >= 4 is 5.97 Å². The highest BCUT2D eigenvalue weighted by molar-refractivity contribution is 5.72. The average molecular weight is 421 g/mol. The molecule has 0 heterocycles. The highest BCUT2D eigenvalue weighted by Crippen LogP contribution is 2.17. The first-order valence-corrected chi connectivity index (χ1v) is 10.4. The monoisotopic (exact) mass is 420 g/mol. The van der Waals surface area contributed by atoms with Crippen LogP contribution in [0.4, 0.5) is 0 Å². The normalized spacial score (nSPS) is 11.6. The Morgan fingerprint density at radius 2 is 1.29 bits per heavy atom. The number of hydrogen-bond donors (Lipinski definition) is 1. The molecule has 0 aliphatic carbocycles. The molecule has 1 N–H and O–H groups in total. The first-order chi connectivity index (χ1) is 15.1. The Hall–Kier alpha value is -3.31. The molecule has 0 radical (unpaired) electrons. The maximum Gasteiger partial charge on any atom is 0.333 e. The van der Waals surface area contributed by atoms with Crippen molar-refractivity contribution in [3.63, 3.8) is 0 Å². The van der Waals surface area contributed by atoms with Gasteiger partial charge in [0.1, 0.15) is 11.5 Å². The zero-order chi connectivity index (χ0) is 21.9. The van der Waals surface area contributed by atoms with E-state index in [4.69, 9.17) is 19.3 Å². The summed E-state index contributed by atoms with van der Waals surface area (Å²) in [6, 6.07) is 26.0. The van der Waals surface area contributed by atoms with Crippen molar-refractivity contribution < 1.29 is 24.1 Å². The summed E-state index contributed by atoms with van der Waals surface area (Å²) in [5.41, 5.74) is 3.44. The van der Waals surface area contributed by atoms with Gasteiger partial charge in [0.15, 0.2) is 6.10 Å². The molecular weight excluding hydrogens is 392 g/mol. The summed E-state index contributed by atoms with van der Waals surface area (Å²) in [5.74, 6) is 0.638. The van der Waals surface area contributed by atoms with E-state index in [1.807, 2.05) is 42.5 Å². The third kappa shape index (κ3) is 7.46. The maximum absolute atomic E-state index is 11.0. The first-order valence-electron chi connectivity index (χ1n) is 10.4. The van der Waals surface area contributed by atoms with Crippen LogP contribution in [0.3, 0.4) is 0 Å². The van der Waals surface area contributed by atoms with Gasteiger partial charge in [-0.3, -0.25) is 0 Å². The number of benzene rings is 3. The van der Waals surface area contributed by atoms with Crippen LogP contribution < -0.4 is 9.47 Å². The van der Waals surface area contributed by atoms with Crippen molar-refractivity contribution in [1.82, 2.24) is 0 Å². The summed E-state index contributed by atoms with van der Waals surface area (Å²) in [4.78, 5) is 11.0. The zero-order valence-electron chi connectivity index (χ0n) is 17.7. The molecule has 0 bridgehead atoms. The second-order valence-corrected chi connectivity index (χ2v) is 7.27. The van der Waals surface area contributed by atoms with E-state index in [9.17, 15) is 4.79 Å². The van der Waals surface area contributed by atoms with Crippen LogP contribution in [-0.2, 0) is 22.4 Å². The van der Waals surface area contributed by atoms with Crippen LogP contribution in [-0.4, -0.2) is 37.5 Å². The van der Waals surface area contributed by atoms with Crippen LogP contribution in [0, 0.1) is 0 Å². The molecule has 0 unspecified atom stereocenters. The topological polar surface area (TPSA) is 65.0 Å². The lowest BCUT2D eigenvalue weighted by atomic mass is 10.1. The lowest BCUT2D eigenvalue weighted by Crippen LogP contribution is -2.24. The molecule has 0 amide bonds. The van der Waals surface area contributed by atoms with Crippen LogP contribution in [0.1, 0.15) is 23.1 Å². The van der Waals surface area contributed by atoms with E-state index in [2.05, 4.69) is 36.4 Å². The van der Waals surface area contributed by atoms with E-state index in [1.165, 1.54) is 18.2 Å². The van der Waals surface area contributed by atoms with Crippen molar-refractivity contribution in [2.24, 2.45) is 0 Å². The summed E-state index contributed by atoms with van der Waals surface area (Å²) in [6.45, 7) is 1.12.